The summed E-state index contributed by atoms with van der Waals surface area (Å²) in [6.07, 6.45) is -3.42. The van der Waals surface area contributed by atoms with Gasteiger partial charge in [0.05, 0.1) is 15.6 Å². The zero-order valence-corrected chi connectivity index (χ0v) is 12.2. The van der Waals surface area contributed by atoms with Crippen LogP contribution in [0.2, 0.25) is 10.0 Å². The Bertz CT molecular complexity index is 707. The molecule has 0 saturated carbocycles. The Kier molecular flexibility index (Phi) is 4.77. The van der Waals surface area contributed by atoms with Crippen LogP contribution in [0.1, 0.15) is 15.9 Å². The number of hydrazine groups is 1. The van der Waals surface area contributed by atoms with E-state index >= 15 is 0 Å². The molecule has 4 nitrogen and oxygen atoms in total. The Morgan fingerprint density at radius 1 is 1.14 bits per heavy atom. The van der Waals surface area contributed by atoms with Crippen LogP contribution >= 0.6 is 23.2 Å². The summed E-state index contributed by atoms with van der Waals surface area (Å²) in [6, 6.07) is 6.08. The lowest BCUT2D eigenvalue weighted by atomic mass is 10.2. The number of pyridine rings is 1. The Morgan fingerprint density at radius 3 is 2.50 bits per heavy atom. The van der Waals surface area contributed by atoms with Gasteiger partial charge in [-0.25, -0.2) is 4.98 Å². The molecule has 1 heterocycles. The molecule has 0 fully saturated rings. The second-order valence-electron chi connectivity index (χ2n) is 4.11. The number of hydrogen-bond acceptors (Lipinski definition) is 3. The van der Waals surface area contributed by atoms with Crippen LogP contribution in [0, 0.1) is 0 Å². The van der Waals surface area contributed by atoms with Gasteiger partial charge in [0, 0.05) is 11.8 Å². The van der Waals surface area contributed by atoms with Crippen molar-refractivity contribution in [2.45, 2.75) is 6.18 Å². The molecule has 0 spiro atoms. The topological polar surface area (TPSA) is 54.0 Å². The highest BCUT2D eigenvalue weighted by atomic mass is 35.5. The number of rotatable bonds is 3. The maximum Gasteiger partial charge on any atom is 0.420 e. The third-order valence-electron chi connectivity index (χ3n) is 2.59. The van der Waals surface area contributed by atoms with Crippen molar-refractivity contribution in [3.05, 3.63) is 57.7 Å². The van der Waals surface area contributed by atoms with Crippen LogP contribution in [0.15, 0.2) is 36.5 Å². The van der Waals surface area contributed by atoms with Crippen LogP contribution < -0.4 is 10.9 Å². The van der Waals surface area contributed by atoms with Gasteiger partial charge in [0.15, 0.2) is 5.82 Å². The lowest BCUT2D eigenvalue weighted by Crippen LogP contribution is -2.31. The van der Waals surface area contributed by atoms with Gasteiger partial charge in [0.1, 0.15) is 0 Å². The lowest BCUT2D eigenvalue weighted by molar-refractivity contribution is -0.137. The summed E-state index contributed by atoms with van der Waals surface area (Å²) in [5.74, 6) is -1.19. The van der Waals surface area contributed by atoms with Crippen LogP contribution in [0.5, 0.6) is 0 Å². The minimum Gasteiger partial charge on any atom is -0.281 e. The standard InChI is InChI=1S/C13H8Cl2F3N3O/c14-9-4-3-7(6-10(9)15)12(22)21-20-11-8(13(16,17)18)2-1-5-19-11/h1-6H,(H,19,20)(H,21,22). The van der Waals surface area contributed by atoms with E-state index in [0.717, 1.165) is 12.1 Å². The highest BCUT2D eigenvalue weighted by Gasteiger charge is 2.34. The number of nitrogens with one attached hydrogen (secondary N) is 2. The zero-order valence-electron chi connectivity index (χ0n) is 10.7. The smallest absolute Gasteiger partial charge is 0.281 e. The van der Waals surface area contributed by atoms with E-state index in [1.807, 2.05) is 0 Å². The second kappa shape index (κ2) is 6.41. The summed E-state index contributed by atoms with van der Waals surface area (Å²) in [5.41, 5.74) is 3.40. The molecule has 9 heteroatoms. The Labute approximate surface area is 133 Å². The summed E-state index contributed by atoms with van der Waals surface area (Å²) >= 11 is 11.5. The average molecular weight is 350 g/mol. The maximum absolute atomic E-state index is 12.8. The Morgan fingerprint density at radius 2 is 1.86 bits per heavy atom. The molecule has 22 heavy (non-hydrogen) atoms. The molecule has 0 aliphatic rings. The van der Waals surface area contributed by atoms with E-state index < -0.39 is 23.5 Å². The first-order chi connectivity index (χ1) is 10.3. The first-order valence-electron chi connectivity index (χ1n) is 5.82. The number of nitrogens with zero attached hydrogens (tertiary/aromatic N) is 1. The lowest BCUT2D eigenvalue weighted by Gasteiger charge is -2.13. The SMILES string of the molecule is O=C(NNc1ncccc1C(F)(F)F)c1ccc(Cl)c(Cl)c1. The molecule has 1 aromatic heterocycles. The zero-order chi connectivity index (χ0) is 16.3. The van der Waals surface area contributed by atoms with Crippen molar-refractivity contribution in [2.24, 2.45) is 0 Å². The third-order valence-corrected chi connectivity index (χ3v) is 3.33. The first-order valence-corrected chi connectivity index (χ1v) is 6.58. The summed E-state index contributed by atoms with van der Waals surface area (Å²) in [4.78, 5) is 15.4. The molecular formula is C13H8Cl2F3N3O. The number of carbonyl (C=O) groups is 1. The molecule has 2 N–H and O–H groups in total. The summed E-state index contributed by atoms with van der Waals surface area (Å²) in [6.45, 7) is 0. The molecule has 0 aliphatic carbocycles. The number of amides is 1. The second-order valence-corrected chi connectivity index (χ2v) is 4.92. The van der Waals surface area contributed by atoms with E-state index in [-0.39, 0.29) is 15.6 Å². The number of carbonyl (C=O) groups excluding carboxylic acids is 1. The van der Waals surface area contributed by atoms with Gasteiger partial charge in [0.2, 0.25) is 0 Å². The van der Waals surface area contributed by atoms with Crippen molar-refractivity contribution in [3.8, 4) is 0 Å². The van der Waals surface area contributed by atoms with Crippen molar-refractivity contribution < 1.29 is 18.0 Å². The highest BCUT2D eigenvalue weighted by Crippen LogP contribution is 2.33. The van der Waals surface area contributed by atoms with E-state index in [4.69, 9.17) is 23.2 Å². The number of benzene rings is 1. The molecule has 0 unspecified atom stereocenters. The van der Waals surface area contributed by atoms with Crippen LogP contribution in [-0.4, -0.2) is 10.9 Å². The van der Waals surface area contributed by atoms with E-state index in [9.17, 15) is 18.0 Å². The van der Waals surface area contributed by atoms with E-state index in [1.54, 1.807) is 0 Å². The Hall–Kier alpha value is -1.99. The largest absolute Gasteiger partial charge is 0.420 e. The number of alkyl halides is 3. The number of anilines is 1. The predicted molar refractivity (Wildman–Crippen MR) is 76.8 cm³/mol. The molecule has 2 aromatic rings. The van der Waals surface area contributed by atoms with Gasteiger partial charge in [-0.05, 0) is 30.3 Å². The van der Waals surface area contributed by atoms with Crippen molar-refractivity contribution in [3.63, 3.8) is 0 Å². The predicted octanol–water partition coefficient (Wildman–Crippen LogP) is 4.16. The molecular weight excluding hydrogens is 342 g/mol. The molecule has 0 saturated heterocycles. The molecule has 116 valence electrons. The first kappa shape index (κ1) is 16.4. The van der Waals surface area contributed by atoms with Crippen molar-refractivity contribution in [1.29, 1.82) is 0 Å². The number of aromatic nitrogens is 1. The molecule has 1 aromatic carbocycles. The molecule has 0 bridgehead atoms. The number of halogens is 5. The summed E-state index contributed by atoms with van der Waals surface area (Å²) in [5, 5.41) is 0.415. The Balaban J connectivity index is 2.13. The quantitative estimate of drug-likeness (QED) is 0.818. The minimum absolute atomic E-state index is 0.131. The van der Waals surface area contributed by atoms with Gasteiger partial charge in [-0.2, -0.15) is 13.2 Å². The molecule has 1 amide bonds. The van der Waals surface area contributed by atoms with Crippen molar-refractivity contribution in [1.82, 2.24) is 10.4 Å². The fraction of sp³-hybridized carbons (Fsp3) is 0.0769. The summed E-state index contributed by atoms with van der Waals surface area (Å²) < 4.78 is 38.3. The van der Waals surface area contributed by atoms with Crippen LogP contribution in [0.25, 0.3) is 0 Å². The van der Waals surface area contributed by atoms with Gasteiger partial charge in [-0.1, -0.05) is 23.2 Å². The van der Waals surface area contributed by atoms with Gasteiger partial charge in [-0.3, -0.25) is 15.6 Å². The van der Waals surface area contributed by atoms with Crippen molar-refractivity contribution >= 4 is 34.9 Å². The number of hydrogen-bond donors (Lipinski definition) is 2. The average Bonchev–Trinajstić information content (AvgIpc) is 2.47. The fourth-order valence-corrected chi connectivity index (χ4v) is 1.86. The van der Waals surface area contributed by atoms with Crippen LogP contribution in [0.4, 0.5) is 19.0 Å². The summed E-state index contributed by atoms with van der Waals surface area (Å²) in [7, 11) is 0. The van der Waals surface area contributed by atoms with Crippen LogP contribution in [-0.2, 0) is 6.18 Å². The van der Waals surface area contributed by atoms with Gasteiger partial charge in [-0.15, -0.1) is 0 Å². The minimum atomic E-state index is -4.59. The maximum atomic E-state index is 12.8. The molecule has 0 radical (unpaired) electrons. The molecule has 0 atom stereocenters. The van der Waals surface area contributed by atoms with E-state index in [2.05, 4.69) is 15.8 Å². The van der Waals surface area contributed by atoms with E-state index in [1.165, 1.54) is 24.4 Å². The van der Waals surface area contributed by atoms with Crippen molar-refractivity contribution in [2.75, 3.05) is 5.43 Å². The monoisotopic (exact) mass is 349 g/mol. The molecule has 2 rings (SSSR count). The highest BCUT2D eigenvalue weighted by molar-refractivity contribution is 6.42. The van der Waals surface area contributed by atoms with Crippen LogP contribution in [0.3, 0.4) is 0 Å². The van der Waals surface area contributed by atoms with Gasteiger partial charge >= 0.3 is 6.18 Å². The van der Waals surface area contributed by atoms with E-state index in [0.29, 0.717) is 0 Å². The van der Waals surface area contributed by atoms with Gasteiger partial charge in [0.25, 0.3) is 5.91 Å². The van der Waals surface area contributed by atoms with Gasteiger partial charge < -0.3 is 0 Å². The third kappa shape index (κ3) is 3.80. The molecule has 0 aliphatic heterocycles. The fourth-order valence-electron chi connectivity index (χ4n) is 1.56. The normalized spacial score (nSPS) is 11.1.